The standard InChI is InChI=1S/C25H23BrN4OS/c26-21-10-12-22(13-11-21)31-15-14-30-18-20(23-8-4-5-9-24(23)30)17-28-29-25(32)27-16-19-6-2-1-3-7-19/h1-13,17-18H,14-16H2,(H2,27,29,32)/b28-17-. The Morgan fingerprint density at radius 2 is 1.75 bits per heavy atom. The van der Waals surface area contributed by atoms with Crippen LogP contribution in [0, 0.1) is 0 Å². The second-order valence-corrected chi connectivity index (χ2v) is 8.46. The van der Waals surface area contributed by atoms with Crippen molar-refractivity contribution in [1.29, 1.82) is 0 Å². The molecule has 0 aliphatic carbocycles. The summed E-state index contributed by atoms with van der Waals surface area (Å²) in [6, 6.07) is 26.2. The minimum atomic E-state index is 0.483. The van der Waals surface area contributed by atoms with Gasteiger partial charge in [-0.3, -0.25) is 5.43 Å². The predicted molar refractivity (Wildman–Crippen MR) is 138 cm³/mol. The van der Waals surface area contributed by atoms with Crippen molar-refractivity contribution in [3.05, 3.63) is 101 Å². The SMILES string of the molecule is S=C(NCc1ccccc1)N/N=C\c1cn(CCOc2ccc(Br)cc2)c2ccccc12. The van der Waals surface area contributed by atoms with Gasteiger partial charge in [-0.25, -0.2) is 0 Å². The van der Waals surface area contributed by atoms with Crippen LogP contribution in [0.2, 0.25) is 0 Å². The number of hydrogen-bond acceptors (Lipinski definition) is 3. The van der Waals surface area contributed by atoms with E-state index in [1.807, 2.05) is 66.7 Å². The quantitative estimate of drug-likeness (QED) is 0.188. The first kappa shape index (κ1) is 22.0. The molecule has 5 nitrogen and oxygen atoms in total. The van der Waals surface area contributed by atoms with Crippen molar-refractivity contribution >= 4 is 50.4 Å². The number of nitrogens with one attached hydrogen (secondary N) is 2. The lowest BCUT2D eigenvalue weighted by atomic mass is 10.2. The average molecular weight is 507 g/mol. The summed E-state index contributed by atoms with van der Waals surface area (Å²) in [5, 5.41) is 9.09. The van der Waals surface area contributed by atoms with Crippen molar-refractivity contribution in [2.75, 3.05) is 6.61 Å². The number of fused-ring (bicyclic) bond motifs is 1. The second-order valence-electron chi connectivity index (χ2n) is 7.14. The summed E-state index contributed by atoms with van der Waals surface area (Å²) in [4.78, 5) is 0. The van der Waals surface area contributed by atoms with E-state index >= 15 is 0 Å². The van der Waals surface area contributed by atoms with E-state index in [1.54, 1.807) is 6.21 Å². The van der Waals surface area contributed by atoms with E-state index in [0.29, 0.717) is 18.3 Å². The summed E-state index contributed by atoms with van der Waals surface area (Å²) in [5.74, 6) is 0.854. The van der Waals surface area contributed by atoms with Gasteiger partial charge in [-0.1, -0.05) is 64.5 Å². The Balaban J connectivity index is 1.36. The van der Waals surface area contributed by atoms with Crippen molar-refractivity contribution in [2.45, 2.75) is 13.1 Å². The minimum Gasteiger partial charge on any atom is -0.492 e. The monoisotopic (exact) mass is 506 g/mol. The van der Waals surface area contributed by atoms with Gasteiger partial charge in [-0.15, -0.1) is 0 Å². The maximum absolute atomic E-state index is 5.89. The van der Waals surface area contributed by atoms with Crippen LogP contribution in [-0.2, 0) is 13.1 Å². The molecule has 7 heteroatoms. The van der Waals surface area contributed by atoms with Crippen LogP contribution in [0.3, 0.4) is 0 Å². The Morgan fingerprint density at radius 3 is 2.56 bits per heavy atom. The lowest BCUT2D eigenvalue weighted by molar-refractivity contribution is 0.300. The number of hydrogen-bond donors (Lipinski definition) is 2. The number of nitrogens with zero attached hydrogens (tertiary/aromatic N) is 2. The van der Waals surface area contributed by atoms with Crippen molar-refractivity contribution in [1.82, 2.24) is 15.3 Å². The molecule has 0 unspecified atom stereocenters. The van der Waals surface area contributed by atoms with Gasteiger partial charge >= 0.3 is 0 Å². The van der Waals surface area contributed by atoms with Gasteiger partial charge in [0, 0.05) is 33.7 Å². The van der Waals surface area contributed by atoms with Crippen LogP contribution in [0.5, 0.6) is 5.75 Å². The average Bonchev–Trinajstić information content (AvgIpc) is 3.17. The molecule has 0 radical (unpaired) electrons. The Hall–Kier alpha value is -3.16. The van der Waals surface area contributed by atoms with Crippen LogP contribution < -0.4 is 15.5 Å². The molecular formula is C25H23BrN4OS. The van der Waals surface area contributed by atoms with E-state index in [1.165, 1.54) is 0 Å². The van der Waals surface area contributed by atoms with Gasteiger partial charge in [-0.2, -0.15) is 5.10 Å². The van der Waals surface area contributed by atoms with E-state index in [-0.39, 0.29) is 0 Å². The summed E-state index contributed by atoms with van der Waals surface area (Å²) in [6.07, 6.45) is 3.88. The van der Waals surface area contributed by atoms with Gasteiger partial charge in [-0.05, 0) is 48.1 Å². The maximum Gasteiger partial charge on any atom is 0.187 e. The van der Waals surface area contributed by atoms with Crippen LogP contribution in [0.25, 0.3) is 10.9 Å². The highest BCUT2D eigenvalue weighted by Gasteiger charge is 2.07. The number of halogens is 1. The number of ether oxygens (including phenoxy) is 1. The number of benzene rings is 3. The summed E-state index contributed by atoms with van der Waals surface area (Å²) in [5.41, 5.74) is 6.21. The van der Waals surface area contributed by atoms with Crippen molar-refractivity contribution in [3.8, 4) is 5.75 Å². The lowest BCUT2D eigenvalue weighted by Gasteiger charge is -2.08. The number of rotatable bonds is 8. The fraction of sp³-hybridized carbons (Fsp3) is 0.120. The highest BCUT2D eigenvalue weighted by Crippen LogP contribution is 2.20. The van der Waals surface area contributed by atoms with Crippen molar-refractivity contribution in [3.63, 3.8) is 0 Å². The molecule has 162 valence electrons. The molecule has 0 fully saturated rings. The Kier molecular flexibility index (Phi) is 7.53. The first-order valence-electron chi connectivity index (χ1n) is 10.3. The summed E-state index contributed by atoms with van der Waals surface area (Å²) < 4.78 is 9.10. The molecule has 4 rings (SSSR count). The molecule has 0 saturated carbocycles. The molecule has 0 aliphatic heterocycles. The van der Waals surface area contributed by atoms with Crippen LogP contribution in [0.1, 0.15) is 11.1 Å². The molecule has 3 aromatic carbocycles. The minimum absolute atomic E-state index is 0.483. The topological polar surface area (TPSA) is 50.6 Å². The molecule has 0 saturated heterocycles. The smallest absolute Gasteiger partial charge is 0.187 e. The van der Waals surface area contributed by atoms with Gasteiger partial charge in [0.15, 0.2) is 5.11 Å². The van der Waals surface area contributed by atoms with E-state index in [0.717, 1.165) is 38.8 Å². The summed E-state index contributed by atoms with van der Waals surface area (Å²) in [6.45, 7) is 1.96. The maximum atomic E-state index is 5.89. The van der Waals surface area contributed by atoms with Gasteiger partial charge in [0.05, 0.1) is 12.8 Å². The molecule has 0 bridgehead atoms. The normalized spacial score (nSPS) is 11.0. The first-order valence-corrected chi connectivity index (χ1v) is 11.5. The third-order valence-corrected chi connectivity index (χ3v) is 5.66. The molecule has 0 spiro atoms. The van der Waals surface area contributed by atoms with E-state index < -0.39 is 0 Å². The largest absolute Gasteiger partial charge is 0.492 e. The highest BCUT2D eigenvalue weighted by molar-refractivity contribution is 9.10. The Morgan fingerprint density at radius 1 is 1.00 bits per heavy atom. The van der Waals surface area contributed by atoms with E-state index in [2.05, 4.69) is 54.7 Å². The Labute approximate surface area is 201 Å². The number of para-hydroxylation sites is 1. The number of aromatic nitrogens is 1. The van der Waals surface area contributed by atoms with Gasteiger partial charge in [0.2, 0.25) is 0 Å². The molecule has 0 aliphatic rings. The zero-order valence-electron chi connectivity index (χ0n) is 17.4. The van der Waals surface area contributed by atoms with Crippen LogP contribution in [0.15, 0.2) is 94.6 Å². The summed E-state index contributed by atoms with van der Waals surface area (Å²) in [7, 11) is 0. The van der Waals surface area contributed by atoms with E-state index in [4.69, 9.17) is 17.0 Å². The zero-order valence-corrected chi connectivity index (χ0v) is 19.8. The van der Waals surface area contributed by atoms with Crippen LogP contribution >= 0.6 is 28.1 Å². The third kappa shape index (κ3) is 5.96. The zero-order chi connectivity index (χ0) is 22.2. The Bertz CT molecular complexity index is 1210. The number of hydrazone groups is 1. The van der Waals surface area contributed by atoms with Gasteiger partial charge in [0.1, 0.15) is 12.4 Å². The summed E-state index contributed by atoms with van der Waals surface area (Å²) >= 11 is 8.76. The second kappa shape index (κ2) is 10.9. The van der Waals surface area contributed by atoms with Crippen LogP contribution in [0.4, 0.5) is 0 Å². The predicted octanol–water partition coefficient (Wildman–Crippen LogP) is 5.48. The molecule has 4 aromatic rings. The van der Waals surface area contributed by atoms with Crippen molar-refractivity contribution < 1.29 is 4.74 Å². The van der Waals surface area contributed by atoms with Crippen molar-refractivity contribution in [2.24, 2.45) is 5.10 Å². The molecule has 1 aromatic heterocycles. The van der Waals surface area contributed by atoms with E-state index in [9.17, 15) is 0 Å². The van der Waals surface area contributed by atoms with Gasteiger partial charge < -0.3 is 14.6 Å². The first-order chi connectivity index (χ1) is 15.7. The lowest BCUT2D eigenvalue weighted by Crippen LogP contribution is -2.31. The molecule has 32 heavy (non-hydrogen) atoms. The molecule has 0 amide bonds. The van der Waals surface area contributed by atoms with Gasteiger partial charge in [0.25, 0.3) is 0 Å². The number of thiocarbonyl (C=S) groups is 1. The highest BCUT2D eigenvalue weighted by atomic mass is 79.9. The van der Waals surface area contributed by atoms with Crippen LogP contribution in [-0.4, -0.2) is 22.5 Å². The molecular weight excluding hydrogens is 484 g/mol. The fourth-order valence-corrected chi connectivity index (χ4v) is 3.72. The third-order valence-electron chi connectivity index (χ3n) is 4.90. The molecule has 0 atom stereocenters. The fourth-order valence-electron chi connectivity index (χ4n) is 3.33. The molecule has 1 heterocycles. The molecule has 2 N–H and O–H groups in total.